The maximum Gasteiger partial charge on any atom is 0.141 e. The molecule has 2 aromatic rings. The Labute approximate surface area is 114 Å². The molecule has 3 N–H and O–H groups in total. The van der Waals surface area contributed by atoms with Gasteiger partial charge in [0.25, 0.3) is 0 Å². The molecule has 5 heteroatoms. The summed E-state index contributed by atoms with van der Waals surface area (Å²) in [4.78, 5) is 4.55. The van der Waals surface area contributed by atoms with Gasteiger partial charge in [0.2, 0.25) is 0 Å². The fraction of sp³-hybridized carbons (Fsp3) is 0.308. The Morgan fingerprint density at radius 2 is 2.28 bits per heavy atom. The monoisotopic (exact) mass is 307 g/mol. The Morgan fingerprint density at radius 3 is 3.06 bits per heavy atom. The van der Waals surface area contributed by atoms with E-state index in [1.807, 2.05) is 12.1 Å². The molecule has 1 aliphatic heterocycles. The van der Waals surface area contributed by atoms with E-state index in [9.17, 15) is 5.11 Å². The number of nitrogens with two attached hydrogens (primary N) is 1. The summed E-state index contributed by atoms with van der Waals surface area (Å²) in [6.07, 6.45) is 1.80. The summed E-state index contributed by atoms with van der Waals surface area (Å²) in [6.45, 7) is 0.875. The van der Waals surface area contributed by atoms with E-state index in [0.717, 1.165) is 41.1 Å². The number of aromatic hydroxyl groups is 1. The minimum absolute atomic E-state index is 0.211. The number of fused-ring (bicyclic) bond motifs is 1. The van der Waals surface area contributed by atoms with Crippen LogP contribution in [0.3, 0.4) is 0 Å². The summed E-state index contributed by atoms with van der Waals surface area (Å²) in [5, 5.41) is 9.56. The topological polar surface area (TPSA) is 64.1 Å². The Kier molecular flexibility index (Phi) is 2.87. The van der Waals surface area contributed by atoms with Gasteiger partial charge in [0.1, 0.15) is 16.2 Å². The quantitative estimate of drug-likeness (QED) is 0.849. The number of hydrogen-bond acceptors (Lipinski definition) is 3. The zero-order valence-electron chi connectivity index (χ0n) is 9.81. The molecule has 3 rings (SSSR count). The van der Waals surface area contributed by atoms with Crippen LogP contribution in [0.2, 0.25) is 0 Å². The van der Waals surface area contributed by atoms with Crippen LogP contribution in [0.4, 0.5) is 0 Å². The molecule has 94 valence electrons. The number of aromatic nitrogens is 2. The molecule has 0 radical (unpaired) electrons. The Bertz CT molecular complexity index is 594. The zero-order chi connectivity index (χ0) is 12.7. The summed E-state index contributed by atoms with van der Waals surface area (Å²) in [5.74, 6) is 1.15. The van der Waals surface area contributed by atoms with Gasteiger partial charge in [-0.2, -0.15) is 0 Å². The molecule has 1 atom stereocenters. The van der Waals surface area contributed by atoms with Crippen molar-refractivity contribution in [3.63, 3.8) is 0 Å². The van der Waals surface area contributed by atoms with Crippen LogP contribution in [0.1, 0.15) is 12.1 Å². The first kappa shape index (κ1) is 11.7. The van der Waals surface area contributed by atoms with Gasteiger partial charge in [0, 0.05) is 24.6 Å². The Hall–Kier alpha value is -1.33. The Balaban J connectivity index is 2.11. The Morgan fingerprint density at radius 1 is 1.44 bits per heavy atom. The van der Waals surface area contributed by atoms with E-state index in [2.05, 4.69) is 25.5 Å². The van der Waals surface area contributed by atoms with Gasteiger partial charge >= 0.3 is 0 Å². The van der Waals surface area contributed by atoms with Gasteiger partial charge < -0.3 is 15.4 Å². The maximum absolute atomic E-state index is 9.56. The maximum atomic E-state index is 9.56. The van der Waals surface area contributed by atoms with Crippen LogP contribution < -0.4 is 5.73 Å². The summed E-state index contributed by atoms with van der Waals surface area (Å²) in [5.41, 5.74) is 8.06. The molecule has 2 heterocycles. The van der Waals surface area contributed by atoms with Crippen molar-refractivity contribution in [3.8, 4) is 17.1 Å². The summed E-state index contributed by atoms with van der Waals surface area (Å²) >= 11 is 3.50. The molecule has 1 aliphatic rings. The minimum atomic E-state index is 0.211. The molecular formula is C13H14BrN3O. The molecule has 1 aromatic heterocycles. The van der Waals surface area contributed by atoms with Gasteiger partial charge in [0.05, 0.1) is 5.69 Å². The third kappa shape index (κ3) is 1.93. The van der Waals surface area contributed by atoms with Gasteiger partial charge in [-0.25, -0.2) is 4.98 Å². The standard InChI is InChI=1S/C13H14BrN3O/c14-12-11-7-9(15)4-5-17(11)13(16-12)8-2-1-3-10(18)6-8/h1-3,6,9,18H,4-5,7,15H2. The molecule has 1 aromatic carbocycles. The first-order valence-electron chi connectivity index (χ1n) is 5.95. The third-order valence-corrected chi connectivity index (χ3v) is 3.94. The number of rotatable bonds is 1. The van der Waals surface area contributed by atoms with E-state index in [1.54, 1.807) is 12.1 Å². The minimum Gasteiger partial charge on any atom is -0.508 e. The molecule has 0 aliphatic carbocycles. The largest absolute Gasteiger partial charge is 0.508 e. The number of hydrogen-bond donors (Lipinski definition) is 2. The molecule has 1 unspecified atom stereocenters. The molecule has 0 fully saturated rings. The van der Waals surface area contributed by atoms with Crippen molar-refractivity contribution in [3.05, 3.63) is 34.6 Å². The van der Waals surface area contributed by atoms with Crippen molar-refractivity contribution in [1.29, 1.82) is 0 Å². The highest BCUT2D eigenvalue weighted by molar-refractivity contribution is 9.10. The third-order valence-electron chi connectivity index (χ3n) is 3.31. The van der Waals surface area contributed by atoms with E-state index in [4.69, 9.17) is 5.73 Å². The summed E-state index contributed by atoms with van der Waals surface area (Å²) < 4.78 is 3.04. The summed E-state index contributed by atoms with van der Waals surface area (Å²) in [6, 6.07) is 7.39. The number of halogens is 1. The van der Waals surface area contributed by atoms with Crippen molar-refractivity contribution >= 4 is 15.9 Å². The lowest BCUT2D eigenvalue weighted by molar-refractivity contribution is 0.471. The number of phenolic OH excluding ortho intramolecular Hbond substituents is 1. The van der Waals surface area contributed by atoms with Gasteiger partial charge in [-0.3, -0.25) is 0 Å². The second-order valence-electron chi connectivity index (χ2n) is 4.63. The van der Waals surface area contributed by atoms with Crippen LogP contribution >= 0.6 is 15.9 Å². The van der Waals surface area contributed by atoms with Gasteiger partial charge in [0.15, 0.2) is 0 Å². The van der Waals surface area contributed by atoms with Crippen molar-refractivity contribution in [2.24, 2.45) is 5.73 Å². The molecule has 0 spiro atoms. The van der Waals surface area contributed by atoms with Crippen molar-refractivity contribution in [1.82, 2.24) is 9.55 Å². The fourth-order valence-corrected chi connectivity index (χ4v) is 2.95. The average molecular weight is 308 g/mol. The lowest BCUT2D eigenvalue weighted by atomic mass is 10.1. The molecular weight excluding hydrogens is 294 g/mol. The second kappa shape index (κ2) is 4.40. The molecule has 0 saturated heterocycles. The van der Waals surface area contributed by atoms with E-state index in [-0.39, 0.29) is 11.8 Å². The first-order valence-corrected chi connectivity index (χ1v) is 6.74. The van der Waals surface area contributed by atoms with Crippen LogP contribution in [0.5, 0.6) is 5.75 Å². The number of imidazole rings is 1. The van der Waals surface area contributed by atoms with Gasteiger partial charge in [-0.1, -0.05) is 12.1 Å². The highest BCUT2D eigenvalue weighted by Gasteiger charge is 2.23. The lowest BCUT2D eigenvalue weighted by Gasteiger charge is -2.22. The highest BCUT2D eigenvalue weighted by Crippen LogP contribution is 2.31. The predicted octanol–water partition coefficient (Wildman–Crippen LogP) is 2.29. The van der Waals surface area contributed by atoms with Crippen molar-refractivity contribution in [2.45, 2.75) is 25.4 Å². The zero-order valence-corrected chi connectivity index (χ0v) is 11.4. The van der Waals surface area contributed by atoms with Crippen molar-refractivity contribution < 1.29 is 5.11 Å². The second-order valence-corrected chi connectivity index (χ2v) is 5.38. The molecule has 4 nitrogen and oxygen atoms in total. The van der Waals surface area contributed by atoms with E-state index in [0.29, 0.717) is 0 Å². The number of benzene rings is 1. The van der Waals surface area contributed by atoms with Crippen LogP contribution in [0.15, 0.2) is 28.9 Å². The number of nitrogens with zero attached hydrogens (tertiary/aromatic N) is 2. The van der Waals surface area contributed by atoms with Gasteiger partial charge in [-0.05, 0) is 34.5 Å². The number of phenols is 1. The van der Waals surface area contributed by atoms with Crippen molar-refractivity contribution in [2.75, 3.05) is 0 Å². The molecule has 18 heavy (non-hydrogen) atoms. The first-order chi connectivity index (χ1) is 8.65. The van der Waals surface area contributed by atoms with Crippen LogP contribution in [-0.2, 0) is 13.0 Å². The van der Waals surface area contributed by atoms with E-state index >= 15 is 0 Å². The fourth-order valence-electron chi connectivity index (χ4n) is 2.40. The molecule has 0 amide bonds. The van der Waals surface area contributed by atoms with E-state index < -0.39 is 0 Å². The summed E-state index contributed by atoms with van der Waals surface area (Å²) in [7, 11) is 0. The molecule has 0 saturated carbocycles. The average Bonchev–Trinajstić information content (AvgIpc) is 2.67. The highest BCUT2D eigenvalue weighted by atomic mass is 79.9. The normalized spacial score (nSPS) is 18.7. The van der Waals surface area contributed by atoms with E-state index in [1.165, 1.54) is 0 Å². The smallest absolute Gasteiger partial charge is 0.141 e. The van der Waals surface area contributed by atoms with Crippen LogP contribution in [-0.4, -0.2) is 20.7 Å². The van der Waals surface area contributed by atoms with Crippen LogP contribution in [0.25, 0.3) is 11.4 Å². The predicted molar refractivity (Wildman–Crippen MR) is 73.3 cm³/mol. The SMILES string of the molecule is NC1CCn2c(-c3cccc(O)c3)nc(Br)c2C1. The van der Waals surface area contributed by atoms with Gasteiger partial charge in [-0.15, -0.1) is 0 Å². The van der Waals surface area contributed by atoms with Crippen LogP contribution in [0, 0.1) is 0 Å². The lowest BCUT2D eigenvalue weighted by Crippen LogP contribution is -2.30. The molecule has 0 bridgehead atoms.